The van der Waals surface area contributed by atoms with E-state index in [0.717, 1.165) is 82.9 Å². The minimum atomic E-state index is -0.166. The third-order valence-corrected chi connectivity index (χ3v) is 5.68. The van der Waals surface area contributed by atoms with Gasteiger partial charge < -0.3 is 14.2 Å². The Kier molecular flexibility index (Phi) is 7.50. The van der Waals surface area contributed by atoms with E-state index in [2.05, 4.69) is 10.00 Å². The van der Waals surface area contributed by atoms with Crippen LogP contribution in [-0.2, 0) is 16.0 Å². The van der Waals surface area contributed by atoms with Gasteiger partial charge in [-0.1, -0.05) is 12.1 Å². The van der Waals surface area contributed by atoms with E-state index in [0.29, 0.717) is 12.1 Å². The molecular formula is C23H31N3O4. The summed E-state index contributed by atoms with van der Waals surface area (Å²) in [6.07, 6.45) is 6.67. The van der Waals surface area contributed by atoms with Crippen molar-refractivity contribution in [2.75, 3.05) is 39.5 Å². The zero-order valence-electron chi connectivity index (χ0n) is 17.5. The summed E-state index contributed by atoms with van der Waals surface area (Å²) in [7, 11) is 0. The molecular weight excluding hydrogens is 382 g/mol. The van der Waals surface area contributed by atoms with Crippen LogP contribution >= 0.6 is 0 Å². The lowest BCUT2D eigenvalue weighted by Crippen LogP contribution is -2.37. The lowest BCUT2D eigenvalue weighted by molar-refractivity contribution is -0.105. The van der Waals surface area contributed by atoms with Crippen molar-refractivity contribution in [1.29, 1.82) is 0 Å². The molecule has 0 radical (unpaired) electrons. The third kappa shape index (κ3) is 5.68. The minimum Gasteiger partial charge on any atom is -0.465 e. The predicted molar refractivity (Wildman–Crippen MR) is 115 cm³/mol. The number of ether oxygens (including phenoxy) is 3. The van der Waals surface area contributed by atoms with Crippen LogP contribution in [0.5, 0.6) is 5.75 Å². The number of unbranched alkanes of at least 4 members (excludes halogenated alkanes) is 1. The van der Waals surface area contributed by atoms with E-state index < -0.39 is 0 Å². The van der Waals surface area contributed by atoms with E-state index in [9.17, 15) is 4.79 Å². The quantitative estimate of drug-likeness (QED) is 0.620. The van der Waals surface area contributed by atoms with Gasteiger partial charge in [-0.15, -0.1) is 0 Å². The van der Waals surface area contributed by atoms with Crippen molar-refractivity contribution in [3.8, 4) is 16.9 Å². The van der Waals surface area contributed by atoms with Crippen molar-refractivity contribution in [2.24, 2.45) is 0 Å². The van der Waals surface area contributed by atoms with Crippen LogP contribution in [0.4, 0.5) is 0 Å². The number of hydrogen-bond donors (Lipinski definition) is 0. The smallest absolute Gasteiger partial charge is 0.274 e. The molecule has 7 heteroatoms. The molecule has 2 saturated heterocycles. The fraction of sp³-hybridized carbons (Fsp3) is 0.565. The number of morpholine rings is 1. The monoisotopic (exact) mass is 413 g/mol. The van der Waals surface area contributed by atoms with Gasteiger partial charge in [0.25, 0.3) is 5.56 Å². The molecule has 1 atom stereocenters. The summed E-state index contributed by atoms with van der Waals surface area (Å²) in [5.74, 6) is 0.767. The summed E-state index contributed by atoms with van der Waals surface area (Å²) in [5.41, 5.74) is 1.49. The number of aromatic nitrogens is 2. The van der Waals surface area contributed by atoms with Gasteiger partial charge in [-0.3, -0.25) is 9.69 Å². The zero-order valence-corrected chi connectivity index (χ0v) is 17.5. The highest BCUT2D eigenvalue weighted by molar-refractivity contribution is 5.62. The van der Waals surface area contributed by atoms with Gasteiger partial charge in [0.05, 0.1) is 25.4 Å². The van der Waals surface area contributed by atoms with Crippen LogP contribution in [0.3, 0.4) is 0 Å². The van der Waals surface area contributed by atoms with Gasteiger partial charge in [-0.2, -0.15) is 5.10 Å². The lowest BCUT2D eigenvalue weighted by Gasteiger charge is -2.26. The molecule has 0 N–H and O–H groups in total. The van der Waals surface area contributed by atoms with E-state index >= 15 is 0 Å². The summed E-state index contributed by atoms with van der Waals surface area (Å²) in [5, 5.41) is 4.27. The highest BCUT2D eigenvalue weighted by Gasteiger charge is 2.15. The molecule has 30 heavy (non-hydrogen) atoms. The van der Waals surface area contributed by atoms with Gasteiger partial charge in [0, 0.05) is 32.3 Å². The van der Waals surface area contributed by atoms with Crippen LogP contribution in [0, 0.1) is 0 Å². The second-order valence-electron chi connectivity index (χ2n) is 7.87. The molecule has 0 spiro atoms. The Balaban J connectivity index is 1.33. The Bertz CT molecular complexity index is 840. The van der Waals surface area contributed by atoms with E-state index in [1.165, 1.54) is 0 Å². The molecule has 1 aromatic carbocycles. The van der Waals surface area contributed by atoms with Crippen molar-refractivity contribution in [2.45, 2.75) is 44.9 Å². The van der Waals surface area contributed by atoms with Crippen LogP contribution in [0.1, 0.15) is 32.1 Å². The molecule has 2 fully saturated rings. The molecule has 2 aliphatic rings. The minimum absolute atomic E-state index is 0.0480. The predicted octanol–water partition coefficient (Wildman–Crippen LogP) is 2.93. The van der Waals surface area contributed by atoms with Crippen LogP contribution in [0.25, 0.3) is 11.1 Å². The van der Waals surface area contributed by atoms with Crippen LogP contribution in [0.15, 0.2) is 41.3 Å². The molecule has 7 nitrogen and oxygen atoms in total. The maximum atomic E-state index is 12.9. The Morgan fingerprint density at radius 2 is 1.80 bits per heavy atom. The van der Waals surface area contributed by atoms with Crippen molar-refractivity contribution >= 4 is 0 Å². The van der Waals surface area contributed by atoms with Gasteiger partial charge >= 0.3 is 0 Å². The first-order valence-electron chi connectivity index (χ1n) is 11.0. The van der Waals surface area contributed by atoms with Gasteiger partial charge in [-0.25, -0.2) is 4.68 Å². The molecule has 1 aromatic heterocycles. The molecule has 0 aliphatic carbocycles. The van der Waals surface area contributed by atoms with E-state index in [4.69, 9.17) is 14.2 Å². The number of aryl methyl sites for hydroxylation is 1. The highest BCUT2D eigenvalue weighted by atomic mass is 16.7. The maximum absolute atomic E-state index is 12.9. The molecule has 162 valence electrons. The first-order chi connectivity index (χ1) is 14.8. The third-order valence-electron chi connectivity index (χ3n) is 5.68. The molecule has 0 amide bonds. The molecule has 2 aliphatic heterocycles. The number of rotatable bonds is 8. The molecule has 3 heterocycles. The molecule has 1 unspecified atom stereocenters. The normalized spacial score (nSPS) is 20.2. The molecule has 4 rings (SSSR count). The molecule has 0 saturated carbocycles. The van der Waals surface area contributed by atoms with E-state index in [1.807, 2.05) is 24.3 Å². The van der Waals surface area contributed by atoms with Gasteiger partial charge in [0.2, 0.25) is 0 Å². The maximum Gasteiger partial charge on any atom is 0.274 e. The summed E-state index contributed by atoms with van der Waals surface area (Å²) < 4.78 is 18.5. The van der Waals surface area contributed by atoms with Crippen molar-refractivity contribution in [1.82, 2.24) is 14.7 Å². The topological polar surface area (TPSA) is 65.8 Å². The Labute approximate surface area is 177 Å². The summed E-state index contributed by atoms with van der Waals surface area (Å²) in [4.78, 5) is 15.3. The number of nitrogens with zero attached hydrogens (tertiary/aromatic N) is 3. The zero-order chi connectivity index (χ0) is 20.6. The Hall–Kier alpha value is -2.22. The summed E-state index contributed by atoms with van der Waals surface area (Å²) in [6, 6.07) is 9.45. The van der Waals surface area contributed by atoms with Crippen LogP contribution in [0.2, 0.25) is 0 Å². The van der Waals surface area contributed by atoms with Gasteiger partial charge in [-0.05, 0) is 56.0 Å². The van der Waals surface area contributed by atoms with Gasteiger partial charge in [0.15, 0.2) is 6.29 Å². The van der Waals surface area contributed by atoms with Crippen LogP contribution < -0.4 is 10.3 Å². The van der Waals surface area contributed by atoms with Crippen molar-refractivity contribution < 1.29 is 14.2 Å². The van der Waals surface area contributed by atoms with Crippen LogP contribution in [-0.4, -0.2) is 60.4 Å². The average Bonchev–Trinajstić information content (AvgIpc) is 2.80. The highest BCUT2D eigenvalue weighted by Crippen LogP contribution is 2.23. The fourth-order valence-electron chi connectivity index (χ4n) is 3.92. The first-order valence-corrected chi connectivity index (χ1v) is 11.0. The molecule has 2 aromatic rings. The standard InChI is InChI=1S/C23H31N3O4/c27-23-21(19-6-8-20(9-7-19)30-22-5-1-4-16-29-22)10-11-24-26(23)13-3-2-12-25-14-17-28-18-15-25/h6-11,22H,1-5,12-18H2. The average molecular weight is 414 g/mol. The SMILES string of the molecule is O=c1c(-c2ccc(OC3CCCCO3)cc2)ccnn1CCCCN1CCOCC1. The molecule has 0 bridgehead atoms. The second kappa shape index (κ2) is 10.7. The Morgan fingerprint density at radius 1 is 1.00 bits per heavy atom. The first kappa shape index (κ1) is 21.0. The van der Waals surface area contributed by atoms with Crippen molar-refractivity contribution in [3.63, 3.8) is 0 Å². The van der Waals surface area contributed by atoms with Crippen molar-refractivity contribution in [3.05, 3.63) is 46.9 Å². The summed E-state index contributed by atoms with van der Waals surface area (Å²) >= 11 is 0. The van der Waals surface area contributed by atoms with E-state index in [-0.39, 0.29) is 11.8 Å². The fourth-order valence-corrected chi connectivity index (χ4v) is 3.92. The van der Waals surface area contributed by atoms with Gasteiger partial charge in [0.1, 0.15) is 5.75 Å². The van der Waals surface area contributed by atoms with E-state index in [1.54, 1.807) is 16.9 Å². The number of benzene rings is 1. The second-order valence-corrected chi connectivity index (χ2v) is 7.87. The Morgan fingerprint density at radius 3 is 2.57 bits per heavy atom. The summed E-state index contributed by atoms with van der Waals surface area (Å²) in [6.45, 7) is 6.08. The number of hydrogen-bond acceptors (Lipinski definition) is 6. The largest absolute Gasteiger partial charge is 0.465 e. The lowest BCUT2D eigenvalue weighted by atomic mass is 10.1.